The van der Waals surface area contributed by atoms with E-state index in [1.807, 2.05) is 37.5 Å². The maximum absolute atomic E-state index is 11.5. The van der Waals surface area contributed by atoms with Gasteiger partial charge in [0.2, 0.25) is 0 Å². The summed E-state index contributed by atoms with van der Waals surface area (Å²) in [5.41, 5.74) is 2.96. The minimum Gasteiger partial charge on any atom is -0.482 e. The normalized spacial score (nSPS) is 14.3. The lowest BCUT2D eigenvalue weighted by Gasteiger charge is -2.21. The van der Waals surface area contributed by atoms with Crippen molar-refractivity contribution >= 4 is 17.4 Å². The summed E-state index contributed by atoms with van der Waals surface area (Å²) in [4.78, 5) is 18.0. The minimum absolute atomic E-state index is 0.0797. The third-order valence-electron chi connectivity index (χ3n) is 4.42. The van der Waals surface area contributed by atoms with Gasteiger partial charge in [-0.15, -0.1) is 0 Å². The third-order valence-corrected chi connectivity index (χ3v) is 4.42. The minimum atomic E-state index is -0.117. The first-order valence-electron chi connectivity index (χ1n) is 8.53. The van der Waals surface area contributed by atoms with Crippen molar-refractivity contribution in [2.24, 2.45) is 0 Å². The van der Waals surface area contributed by atoms with Gasteiger partial charge in [-0.2, -0.15) is 0 Å². The van der Waals surface area contributed by atoms with Crippen LogP contribution in [0.1, 0.15) is 31.0 Å². The van der Waals surface area contributed by atoms with E-state index in [2.05, 4.69) is 40.4 Å². The number of rotatable bonds is 6. The molecule has 1 amide bonds. The smallest absolute Gasteiger partial charge is 0.262 e. The Balaban J connectivity index is 1.62. The molecule has 0 bridgehead atoms. The van der Waals surface area contributed by atoms with Crippen LogP contribution in [0.2, 0.25) is 0 Å². The van der Waals surface area contributed by atoms with Gasteiger partial charge >= 0.3 is 0 Å². The number of aromatic nitrogens is 1. The number of nitrogens with zero attached hydrogens (tertiary/aromatic N) is 2. The second-order valence-corrected chi connectivity index (χ2v) is 6.23. The highest BCUT2D eigenvalue weighted by molar-refractivity contribution is 5.95. The number of ether oxygens (including phenoxy) is 1. The number of anilines is 2. The van der Waals surface area contributed by atoms with Crippen LogP contribution in [0.4, 0.5) is 11.5 Å². The Bertz CT molecular complexity index is 746. The summed E-state index contributed by atoms with van der Waals surface area (Å²) < 4.78 is 5.39. The van der Waals surface area contributed by atoms with Crippen LogP contribution in [0.25, 0.3) is 0 Å². The molecule has 0 spiro atoms. The molecule has 2 N–H and O–H groups in total. The fraction of sp³-hybridized carbons (Fsp3) is 0.368. The summed E-state index contributed by atoms with van der Waals surface area (Å²) in [5.74, 6) is 1.58. The van der Waals surface area contributed by atoms with Gasteiger partial charge in [0.25, 0.3) is 5.91 Å². The molecule has 1 aliphatic heterocycles. The Morgan fingerprint density at radius 2 is 2.20 bits per heavy atom. The first-order chi connectivity index (χ1) is 12.1. The van der Waals surface area contributed by atoms with Gasteiger partial charge in [-0.1, -0.05) is 12.1 Å². The van der Waals surface area contributed by atoms with Crippen molar-refractivity contribution in [1.82, 2.24) is 10.3 Å². The average Bonchev–Trinajstić information content (AvgIpc) is 2.65. The molecule has 0 saturated carbocycles. The van der Waals surface area contributed by atoms with Crippen LogP contribution in [0, 0.1) is 0 Å². The number of carbonyl (C=O) groups is 1. The van der Waals surface area contributed by atoms with Crippen LogP contribution in [0.15, 0.2) is 36.5 Å². The highest BCUT2D eigenvalue weighted by atomic mass is 16.5. The summed E-state index contributed by atoms with van der Waals surface area (Å²) in [6.07, 6.45) is 1.90. The highest BCUT2D eigenvalue weighted by Crippen LogP contribution is 2.30. The molecule has 132 valence electrons. The molecular formula is C19H24N4O2. The van der Waals surface area contributed by atoms with Crippen LogP contribution in [0.3, 0.4) is 0 Å². The number of hydrogen-bond acceptors (Lipinski definition) is 5. The van der Waals surface area contributed by atoms with Gasteiger partial charge in [-0.25, -0.2) is 4.98 Å². The Morgan fingerprint density at radius 3 is 2.92 bits per heavy atom. The summed E-state index contributed by atoms with van der Waals surface area (Å²) >= 11 is 0. The van der Waals surface area contributed by atoms with Crippen LogP contribution >= 0.6 is 0 Å². The molecule has 0 saturated heterocycles. The van der Waals surface area contributed by atoms with Crippen molar-refractivity contribution in [3.05, 3.63) is 47.7 Å². The van der Waals surface area contributed by atoms with E-state index in [0.717, 1.165) is 41.5 Å². The van der Waals surface area contributed by atoms with Crippen molar-refractivity contribution in [3.8, 4) is 5.75 Å². The standard InChI is InChI=1S/C19H24N4O2/c1-4-23(3)18-8-5-14(11-21-18)10-20-13(2)15-6-7-17-16(9-15)22-19(24)12-25-17/h5-9,11,13,20H,4,10,12H2,1-3H3,(H,22,24)/t13-/m0/s1. The summed E-state index contributed by atoms with van der Waals surface area (Å²) in [5, 5.41) is 6.33. The number of hydrogen-bond donors (Lipinski definition) is 2. The second kappa shape index (κ2) is 7.53. The first-order valence-corrected chi connectivity index (χ1v) is 8.53. The molecular weight excluding hydrogens is 316 g/mol. The molecule has 2 heterocycles. The van der Waals surface area contributed by atoms with Crippen molar-refractivity contribution in [2.45, 2.75) is 26.4 Å². The largest absolute Gasteiger partial charge is 0.482 e. The van der Waals surface area contributed by atoms with E-state index in [-0.39, 0.29) is 18.6 Å². The van der Waals surface area contributed by atoms with Gasteiger partial charge in [-0.05, 0) is 43.2 Å². The molecule has 1 aromatic carbocycles. The van der Waals surface area contributed by atoms with Crippen LogP contribution in [-0.2, 0) is 11.3 Å². The van der Waals surface area contributed by atoms with Gasteiger partial charge in [0, 0.05) is 32.4 Å². The molecule has 3 rings (SSSR count). The molecule has 0 unspecified atom stereocenters. The highest BCUT2D eigenvalue weighted by Gasteiger charge is 2.17. The average molecular weight is 340 g/mol. The molecule has 2 aromatic rings. The number of nitrogens with one attached hydrogen (secondary N) is 2. The van der Waals surface area contributed by atoms with E-state index >= 15 is 0 Å². The molecule has 0 aliphatic carbocycles. The maximum Gasteiger partial charge on any atom is 0.262 e. The Labute approximate surface area is 148 Å². The predicted molar refractivity (Wildman–Crippen MR) is 99.0 cm³/mol. The quantitative estimate of drug-likeness (QED) is 0.846. The number of carbonyl (C=O) groups excluding carboxylic acids is 1. The van der Waals surface area contributed by atoms with E-state index in [0.29, 0.717) is 0 Å². The SMILES string of the molecule is CCN(C)c1ccc(CN[C@@H](C)c2ccc3c(c2)NC(=O)CO3)cn1. The van der Waals surface area contributed by atoms with Gasteiger partial charge < -0.3 is 20.3 Å². The zero-order chi connectivity index (χ0) is 17.8. The fourth-order valence-electron chi connectivity index (χ4n) is 2.67. The fourth-order valence-corrected chi connectivity index (χ4v) is 2.67. The Hall–Kier alpha value is -2.60. The lowest BCUT2D eigenvalue weighted by molar-refractivity contribution is -0.118. The number of fused-ring (bicyclic) bond motifs is 1. The van der Waals surface area contributed by atoms with E-state index in [9.17, 15) is 4.79 Å². The van der Waals surface area contributed by atoms with Gasteiger partial charge in [-0.3, -0.25) is 4.79 Å². The lowest BCUT2D eigenvalue weighted by Crippen LogP contribution is -2.26. The lowest BCUT2D eigenvalue weighted by atomic mass is 10.1. The van der Waals surface area contributed by atoms with Crippen LogP contribution in [-0.4, -0.2) is 31.1 Å². The van der Waals surface area contributed by atoms with Crippen molar-refractivity contribution < 1.29 is 9.53 Å². The summed E-state index contributed by atoms with van der Waals surface area (Å²) in [7, 11) is 2.03. The Kier molecular flexibility index (Phi) is 5.19. The maximum atomic E-state index is 11.5. The monoisotopic (exact) mass is 340 g/mol. The predicted octanol–water partition coefficient (Wildman–Crippen LogP) is 2.72. The zero-order valence-corrected chi connectivity index (χ0v) is 14.9. The van der Waals surface area contributed by atoms with E-state index in [4.69, 9.17) is 4.74 Å². The molecule has 25 heavy (non-hydrogen) atoms. The van der Waals surface area contributed by atoms with E-state index in [1.54, 1.807) is 0 Å². The number of amides is 1. The van der Waals surface area contributed by atoms with Crippen molar-refractivity contribution in [1.29, 1.82) is 0 Å². The topological polar surface area (TPSA) is 66.5 Å². The first kappa shape index (κ1) is 17.2. The third kappa shape index (κ3) is 4.09. The molecule has 1 aromatic heterocycles. The van der Waals surface area contributed by atoms with Gasteiger partial charge in [0.15, 0.2) is 6.61 Å². The summed E-state index contributed by atoms with van der Waals surface area (Å²) in [6, 6.07) is 10.2. The zero-order valence-electron chi connectivity index (χ0n) is 14.9. The summed E-state index contributed by atoms with van der Waals surface area (Å²) in [6.45, 7) is 5.94. The molecule has 0 radical (unpaired) electrons. The molecule has 6 nitrogen and oxygen atoms in total. The molecule has 1 atom stereocenters. The molecule has 6 heteroatoms. The van der Waals surface area contributed by atoms with E-state index in [1.165, 1.54) is 0 Å². The van der Waals surface area contributed by atoms with Crippen molar-refractivity contribution in [3.63, 3.8) is 0 Å². The number of pyridine rings is 1. The Morgan fingerprint density at radius 1 is 1.36 bits per heavy atom. The van der Waals surface area contributed by atoms with Crippen LogP contribution in [0.5, 0.6) is 5.75 Å². The number of benzene rings is 1. The van der Waals surface area contributed by atoms with Crippen molar-refractivity contribution in [2.75, 3.05) is 30.4 Å². The second-order valence-electron chi connectivity index (χ2n) is 6.23. The van der Waals surface area contributed by atoms with Gasteiger partial charge in [0.1, 0.15) is 11.6 Å². The van der Waals surface area contributed by atoms with Crippen LogP contribution < -0.4 is 20.3 Å². The van der Waals surface area contributed by atoms with Gasteiger partial charge in [0.05, 0.1) is 5.69 Å². The molecule has 1 aliphatic rings. The molecule has 0 fully saturated rings. The van der Waals surface area contributed by atoms with E-state index < -0.39 is 0 Å².